The van der Waals surface area contributed by atoms with Crippen molar-refractivity contribution in [3.8, 4) is 0 Å². The molecule has 0 saturated heterocycles. The fourth-order valence-corrected chi connectivity index (χ4v) is 2.73. The molecule has 0 fully saturated rings. The number of rotatable bonds is 8. The molecule has 1 unspecified atom stereocenters. The van der Waals surface area contributed by atoms with Gasteiger partial charge in [-0.1, -0.05) is 38.1 Å². The summed E-state index contributed by atoms with van der Waals surface area (Å²) in [5, 5.41) is 17.9. The summed E-state index contributed by atoms with van der Waals surface area (Å²) in [7, 11) is 3.43. The van der Waals surface area contributed by atoms with Crippen LogP contribution >= 0.6 is 0 Å². The van der Waals surface area contributed by atoms with Gasteiger partial charge in [-0.25, -0.2) is 5.43 Å². The van der Waals surface area contributed by atoms with Crippen LogP contribution in [0, 0.1) is 16.0 Å². The van der Waals surface area contributed by atoms with E-state index in [-0.39, 0.29) is 17.5 Å². The Kier molecular flexibility index (Phi) is 7.62. The maximum Gasteiger partial charge on any atom is 0.293 e. The summed E-state index contributed by atoms with van der Waals surface area (Å²) in [4.78, 5) is 37.3. The van der Waals surface area contributed by atoms with E-state index in [1.54, 1.807) is 61.5 Å². The highest BCUT2D eigenvalue weighted by Gasteiger charge is 2.24. The molecule has 0 spiro atoms. The van der Waals surface area contributed by atoms with Crippen LogP contribution in [0.25, 0.3) is 0 Å². The Morgan fingerprint density at radius 1 is 1.13 bits per heavy atom. The van der Waals surface area contributed by atoms with Crippen molar-refractivity contribution in [2.24, 2.45) is 11.0 Å². The van der Waals surface area contributed by atoms with E-state index in [4.69, 9.17) is 0 Å². The summed E-state index contributed by atoms with van der Waals surface area (Å²) in [6, 6.07) is 12.5. The van der Waals surface area contributed by atoms with Crippen LogP contribution < -0.4 is 15.6 Å². The number of hydrogen-bond donors (Lipinski definition) is 2. The van der Waals surface area contributed by atoms with Gasteiger partial charge in [0.05, 0.1) is 11.1 Å². The second kappa shape index (κ2) is 10.1. The standard InChI is InChI=1S/C21H25N5O4/c1-14(2)19(23-20(27)16-8-6-5-7-9-16)21(28)24-22-13-15-10-11-17(25(3)4)18(12-15)26(29)30/h5-14,19H,1-4H3,(H,23,27)(H,24,28)/b22-13+. The molecule has 30 heavy (non-hydrogen) atoms. The minimum atomic E-state index is -0.791. The average molecular weight is 411 g/mol. The Morgan fingerprint density at radius 3 is 2.37 bits per heavy atom. The van der Waals surface area contributed by atoms with E-state index in [0.29, 0.717) is 16.8 Å². The molecule has 0 heterocycles. The van der Waals surface area contributed by atoms with Gasteiger partial charge < -0.3 is 10.2 Å². The number of nitro benzene ring substituents is 1. The predicted octanol–water partition coefficient (Wildman–Crippen LogP) is 2.57. The molecule has 9 heteroatoms. The number of nitrogens with zero attached hydrogens (tertiary/aromatic N) is 3. The highest BCUT2D eigenvalue weighted by atomic mass is 16.6. The number of nitrogens with one attached hydrogen (secondary N) is 2. The number of hydrogen-bond acceptors (Lipinski definition) is 6. The van der Waals surface area contributed by atoms with E-state index in [9.17, 15) is 19.7 Å². The zero-order valence-electron chi connectivity index (χ0n) is 17.3. The number of anilines is 1. The summed E-state index contributed by atoms with van der Waals surface area (Å²) in [6.07, 6.45) is 1.32. The average Bonchev–Trinajstić information content (AvgIpc) is 2.71. The van der Waals surface area contributed by atoms with Gasteiger partial charge in [0.15, 0.2) is 0 Å². The van der Waals surface area contributed by atoms with Gasteiger partial charge in [-0.3, -0.25) is 19.7 Å². The van der Waals surface area contributed by atoms with E-state index >= 15 is 0 Å². The molecular formula is C21H25N5O4. The predicted molar refractivity (Wildman–Crippen MR) is 116 cm³/mol. The molecule has 0 radical (unpaired) electrons. The molecule has 0 aliphatic carbocycles. The number of nitro groups is 1. The third-order valence-electron chi connectivity index (χ3n) is 4.34. The number of amides is 2. The van der Waals surface area contributed by atoms with Gasteiger partial charge in [0.1, 0.15) is 11.7 Å². The van der Waals surface area contributed by atoms with Crippen molar-refractivity contribution in [1.29, 1.82) is 0 Å². The molecule has 2 N–H and O–H groups in total. The highest BCUT2D eigenvalue weighted by Crippen LogP contribution is 2.27. The van der Waals surface area contributed by atoms with Crippen LogP contribution in [0.2, 0.25) is 0 Å². The Bertz CT molecular complexity index is 942. The molecule has 2 aromatic rings. The molecule has 158 valence electrons. The molecule has 0 saturated carbocycles. The first-order valence-corrected chi connectivity index (χ1v) is 9.35. The fourth-order valence-electron chi connectivity index (χ4n) is 2.73. The van der Waals surface area contributed by atoms with Crippen molar-refractivity contribution in [3.05, 3.63) is 69.8 Å². The summed E-state index contributed by atoms with van der Waals surface area (Å²) >= 11 is 0. The van der Waals surface area contributed by atoms with Gasteiger partial charge in [-0.15, -0.1) is 0 Å². The summed E-state index contributed by atoms with van der Waals surface area (Å²) in [5.41, 5.74) is 3.70. The molecule has 0 aliphatic heterocycles. The SMILES string of the molecule is CC(C)C(NC(=O)c1ccccc1)C(=O)N/N=C/c1ccc(N(C)C)c([N+](=O)[O-])c1. The molecular weight excluding hydrogens is 386 g/mol. The van der Waals surface area contributed by atoms with Crippen molar-refractivity contribution in [1.82, 2.24) is 10.7 Å². The minimum Gasteiger partial charge on any atom is -0.372 e. The monoisotopic (exact) mass is 411 g/mol. The van der Waals surface area contributed by atoms with Gasteiger partial charge in [0, 0.05) is 31.3 Å². The van der Waals surface area contributed by atoms with E-state index in [0.717, 1.165) is 0 Å². The second-order valence-corrected chi connectivity index (χ2v) is 7.20. The van der Waals surface area contributed by atoms with Crippen molar-refractivity contribution in [2.75, 3.05) is 19.0 Å². The van der Waals surface area contributed by atoms with Crippen molar-refractivity contribution in [2.45, 2.75) is 19.9 Å². The molecule has 0 aromatic heterocycles. The maximum atomic E-state index is 12.5. The Morgan fingerprint density at radius 2 is 1.80 bits per heavy atom. The van der Waals surface area contributed by atoms with E-state index in [1.807, 2.05) is 13.8 Å². The van der Waals surface area contributed by atoms with Gasteiger partial charge in [0.2, 0.25) is 0 Å². The summed E-state index contributed by atoms with van der Waals surface area (Å²) in [6.45, 7) is 3.62. The second-order valence-electron chi connectivity index (χ2n) is 7.20. The molecule has 0 bridgehead atoms. The van der Waals surface area contributed by atoms with Crippen molar-refractivity contribution < 1.29 is 14.5 Å². The molecule has 0 aliphatic rings. The molecule has 1 atom stereocenters. The summed E-state index contributed by atoms with van der Waals surface area (Å²) in [5.74, 6) is -1.01. The first kappa shape index (κ1) is 22.5. The Balaban J connectivity index is 2.08. The van der Waals surface area contributed by atoms with E-state index in [1.165, 1.54) is 12.3 Å². The highest BCUT2D eigenvalue weighted by molar-refractivity contribution is 5.97. The van der Waals surface area contributed by atoms with Gasteiger partial charge in [-0.2, -0.15) is 5.10 Å². The smallest absolute Gasteiger partial charge is 0.293 e. The first-order chi connectivity index (χ1) is 14.2. The lowest BCUT2D eigenvalue weighted by molar-refractivity contribution is -0.384. The van der Waals surface area contributed by atoms with Crippen molar-refractivity contribution in [3.63, 3.8) is 0 Å². The van der Waals surface area contributed by atoms with Gasteiger partial charge in [-0.05, 0) is 24.1 Å². The molecule has 2 aromatic carbocycles. The van der Waals surface area contributed by atoms with Gasteiger partial charge >= 0.3 is 0 Å². The molecule has 2 amide bonds. The van der Waals surface area contributed by atoms with Crippen LogP contribution in [-0.4, -0.2) is 43.1 Å². The van der Waals surface area contributed by atoms with Crippen LogP contribution in [0.1, 0.15) is 29.8 Å². The molecule has 2 rings (SSSR count). The number of carbonyl (C=O) groups excluding carboxylic acids is 2. The number of benzene rings is 2. The summed E-state index contributed by atoms with van der Waals surface area (Å²) < 4.78 is 0. The van der Waals surface area contributed by atoms with Crippen LogP contribution in [0.15, 0.2) is 53.6 Å². The maximum absolute atomic E-state index is 12.5. The van der Waals surface area contributed by atoms with E-state index < -0.39 is 16.9 Å². The number of hydrazone groups is 1. The fraction of sp³-hybridized carbons (Fsp3) is 0.286. The van der Waals surface area contributed by atoms with Crippen LogP contribution in [0.3, 0.4) is 0 Å². The lowest BCUT2D eigenvalue weighted by Gasteiger charge is -2.20. The topological polar surface area (TPSA) is 117 Å². The number of carbonyl (C=O) groups is 2. The zero-order chi connectivity index (χ0) is 22.3. The Hall–Kier alpha value is -3.75. The first-order valence-electron chi connectivity index (χ1n) is 9.35. The molecule has 9 nitrogen and oxygen atoms in total. The van der Waals surface area contributed by atoms with E-state index in [2.05, 4.69) is 15.8 Å². The minimum absolute atomic E-state index is 0.0644. The largest absolute Gasteiger partial charge is 0.372 e. The van der Waals surface area contributed by atoms with Gasteiger partial charge in [0.25, 0.3) is 17.5 Å². The van der Waals surface area contributed by atoms with Crippen LogP contribution in [0.4, 0.5) is 11.4 Å². The quantitative estimate of drug-likeness (QED) is 0.393. The third-order valence-corrected chi connectivity index (χ3v) is 4.34. The normalized spacial score (nSPS) is 11.9. The third kappa shape index (κ3) is 5.87. The lowest BCUT2D eigenvalue weighted by Crippen LogP contribution is -2.48. The van der Waals surface area contributed by atoms with Crippen LogP contribution in [-0.2, 0) is 4.79 Å². The van der Waals surface area contributed by atoms with Crippen LogP contribution in [0.5, 0.6) is 0 Å². The Labute approximate surface area is 174 Å². The lowest BCUT2D eigenvalue weighted by atomic mass is 10.0. The zero-order valence-corrected chi connectivity index (χ0v) is 17.3. The van der Waals surface area contributed by atoms with Crippen molar-refractivity contribution >= 4 is 29.4 Å².